The summed E-state index contributed by atoms with van der Waals surface area (Å²) >= 11 is 0. The maximum absolute atomic E-state index is 12.8. The Balaban J connectivity index is 2.86. The summed E-state index contributed by atoms with van der Waals surface area (Å²) in [6.45, 7) is -0.431. The van der Waals surface area contributed by atoms with Gasteiger partial charge in [0.15, 0.2) is 5.96 Å². The smallest absolute Gasteiger partial charge is 0.322 e. The van der Waals surface area contributed by atoms with Crippen molar-refractivity contribution in [1.29, 1.82) is 0 Å². The maximum Gasteiger partial charge on any atom is 0.322 e. The van der Waals surface area contributed by atoms with Crippen LogP contribution < -0.4 is 38.9 Å². The Bertz CT molecular complexity index is 884. The van der Waals surface area contributed by atoms with Crippen molar-refractivity contribution >= 4 is 35.6 Å². The van der Waals surface area contributed by atoms with E-state index < -0.39 is 60.7 Å². The normalized spacial score (nSPS) is 13.1. The van der Waals surface area contributed by atoms with E-state index in [2.05, 4.69) is 30.9 Å². The van der Waals surface area contributed by atoms with E-state index in [0.29, 0.717) is 12.1 Å². The van der Waals surface area contributed by atoms with Crippen molar-refractivity contribution < 1.29 is 29.1 Å². The molecule has 1 aromatic heterocycles. The third-order valence-electron chi connectivity index (χ3n) is 4.37. The molecule has 0 saturated heterocycles. The largest absolute Gasteiger partial charge is 0.480 e. The number of imidazole rings is 1. The lowest BCUT2D eigenvalue weighted by molar-refractivity contribution is -0.138. The molecule has 0 fully saturated rings. The van der Waals surface area contributed by atoms with E-state index >= 15 is 0 Å². The number of primary amides is 1. The molecule has 1 heterocycles. The number of rotatable bonds is 15. The van der Waals surface area contributed by atoms with E-state index in [1.165, 1.54) is 12.5 Å². The second-order valence-electron chi connectivity index (χ2n) is 7.24. The predicted octanol–water partition coefficient (Wildman–Crippen LogP) is -4.62. The van der Waals surface area contributed by atoms with Gasteiger partial charge in [0, 0.05) is 24.9 Å². The van der Waals surface area contributed by atoms with Crippen LogP contribution in [0.3, 0.4) is 0 Å². The molecule has 0 aromatic carbocycles. The van der Waals surface area contributed by atoms with Crippen LogP contribution in [0.5, 0.6) is 0 Å². The highest BCUT2D eigenvalue weighted by molar-refractivity contribution is 5.95. The van der Waals surface area contributed by atoms with Gasteiger partial charge in [0.25, 0.3) is 0 Å². The zero-order valence-corrected chi connectivity index (χ0v) is 18.3. The van der Waals surface area contributed by atoms with E-state index in [9.17, 15) is 24.0 Å². The van der Waals surface area contributed by atoms with E-state index in [1.54, 1.807) is 0 Å². The Morgan fingerprint density at radius 3 is 2.29 bits per heavy atom. The van der Waals surface area contributed by atoms with Crippen molar-refractivity contribution in [1.82, 2.24) is 25.9 Å². The number of carbonyl (C=O) groups is 5. The summed E-state index contributed by atoms with van der Waals surface area (Å²) in [5.74, 6) is -4.70. The first-order valence-corrected chi connectivity index (χ1v) is 10.2. The Morgan fingerprint density at radius 1 is 1.06 bits per heavy atom. The summed E-state index contributed by atoms with van der Waals surface area (Å²) in [7, 11) is 0. The number of aliphatic carboxylic acids is 1. The summed E-state index contributed by atoms with van der Waals surface area (Å²) in [5, 5.41) is 15.7. The Labute approximate surface area is 194 Å². The molecule has 1 aromatic rings. The van der Waals surface area contributed by atoms with Gasteiger partial charge < -0.3 is 49.0 Å². The molecule has 0 aliphatic rings. The number of aliphatic imine (C=N–C) groups is 1. The van der Waals surface area contributed by atoms with Gasteiger partial charge in [0.05, 0.1) is 18.8 Å². The van der Waals surface area contributed by atoms with Crippen molar-refractivity contribution in [2.24, 2.45) is 27.9 Å². The number of carbonyl (C=O) groups excluding carboxylic acids is 4. The Hall–Kier alpha value is -4.21. The molecule has 3 unspecified atom stereocenters. The average Bonchev–Trinajstić information content (AvgIpc) is 3.26. The van der Waals surface area contributed by atoms with Crippen LogP contribution >= 0.6 is 0 Å². The van der Waals surface area contributed by atoms with E-state index in [0.717, 1.165) is 0 Å². The van der Waals surface area contributed by atoms with Gasteiger partial charge in [-0.05, 0) is 12.8 Å². The monoisotopic (exact) mass is 482 g/mol. The SMILES string of the molecule is NC(=O)CC(NC(=O)C(N)CCCN=C(N)N)C(=O)NC(Cc1cnc[nH]1)C(=O)NCC(=O)O. The molecule has 16 nitrogen and oxygen atoms in total. The molecule has 16 heteroatoms. The van der Waals surface area contributed by atoms with Gasteiger partial charge in [-0.25, -0.2) is 4.98 Å². The molecule has 4 amide bonds. The van der Waals surface area contributed by atoms with Crippen LogP contribution in [0.15, 0.2) is 17.5 Å². The molecule has 0 saturated carbocycles. The molecule has 0 bridgehead atoms. The summed E-state index contributed by atoms with van der Waals surface area (Å²) < 4.78 is 0. The molecule has 0 spiro atoms. The minimum atomic E-state index is -1.43. The lowest BCUT2D eigenvalue weighted by atomic mass is 10.1. The zero-order valence-electron chi connectivity index (χ0n) is 18.3. The second kappa shape index (κ2) is 14.0. The number of nitrogens with zero attached hydrogens (tertiary/aromatic N) is 2. The number of hydrogen-bond acceptors (Lipinski definition) is 8. The lowest BCUT2D eigenvalue weighted by Crippen LogP contribution is -2.57. The number of aromatic nitrogens is 2. The summed E-state index contributed by atoms with van der Waals surface area (Å²) in [6.07, 6.45) is 2.70. The molecule has 0 aliphatic heterocycles. The lowest BCUT2D eigenvalue weighted by Gasteiger charge is -2.23. The van der Waals surface area contributed by atoms with Gasteiger partial charge in [0.2, 0.25) is 23.6 Å². The van der Waals surface area contributed by atoms with Gasteiger partial charge in [-0.15, -0.1) is 0 Å². The molecule has 0 radical (unpaired) electrons. The van der Waals surface area contributed by atoms with E-state index in [4.69, 9.17) is 28.0 Å². The zero-order chi connectivity index (χ0) is 25.7. The first kappa shape index (κ1) is 27.8. The number of nitrogens with two attached hydrogens (primary N) is 4. The Morgan fingerprint density at radius 2 is 1.74 bits per heavy atom. The van der Waals surface area contributed by atoms with Crippen LogP contribution in [0.1, 0.15) is 25.0 Å². The number of carboxylic acids is 1. The van der Waals surface area contributed by atoms with Crippen LogP contribution in [0.4, 0.5) is 0 Å². The highest BCUT2D eigenvalue weighted by Gasteiger charge is 2.29. The van der Waals surface area contributed by atoms with Crippen LogP contribution in [-0.4, -0.2) is 81.8 Å². The summed E-state index contributed by atoms with van der Waals surface area (Å²) in [4.78, 5) is 70.2. The number of H-pyrrole nitrogens is 1. The highest BCUT2D eigenvalue weighted by atomic mass is 16.4. The van der Waals surface area contributed by atoms with Crippen LogP contribution in [-0.2, 0) is 30.4 Å². The van der Waals surface area contributed by atoms with Crippen molar-refractivity contribution in [3.63, 3.8) is 0 Å². The summed E-state index contributed by atoms with van der Waals surface area (Å²) in [6, 6.07) is -3.70. The molecular formula is C18H30N10O6. The minimum absolute atomic E-state index is 0.0707. The third-order valence-corrected chi connectivity index (χ3v) is 4.37. The predicted molar refractivity (Wildman–Crippen MR) is 118 cm³/mol. The number of hydrogen-bond donors (Lipinski definition) is 9. The fourth-order valence-corrected chi connectivity index (χ4v) is 2.72. The molecule has 13 N–H and O–H groups in total. The fraction of sp³-hybridized carbons (Fsp3) is 0.500. The molecule has 0 aliphatic carbocycles. The Kier molecular flexibility index (Phi) is 11.5. The number of amides is 4. The van der Waals surface area contributed by atoms with E-state index in [-0.39, 0.29) is 25.3 Å². The first-order chi connectivity index (χ1) is 16.0. The van der Waals surface area contributed by atoms with E-state index in [1.807, 2.05) is 0 Å². The quantitative estimate of drug-likeness (QED) is 0.0654. The minimum Gasteiger partial charge on any atom is -0.480 e. The first-order valence-electron chi connectivity index (χ1n) is 10.2. The van der Waals surface area contributed by atoms with Crippen molar-refractivity contribution in [3.05, 3.63) is 18.2 Å². The molecule has 3 atom stereocenters. The van der Waals surface area contributed by atoms with Crippen molar-refractivity contribution in [2.45, 2.75) is 43.8 Å². The topological polar surface area (TPSA) is 287 Å². The van der Waals surface area contributed by atoms with Crippen LogP contribution in [0.2, 0.25) is 0 Å². The average molecular weight is 483 g/mol. The molecular weight excluding hydrogens is 452 g/mol. The van der Waals surface area contributed by atoms with Gasteiger partial charge >= 0.3 is 5.97 Å². The third kappa shape index (κ3) is 10.9. The molecule has 1 rings (SSSR count). The van der Waals surface area contributed by atoms with Crippen LogP contribution in [0.25, 0.3) is 0 Å². The van der Waals surface area contributed by atoms with Gasteiger partial charge in [-0.1, -0.05) is 0 Å². The number of aromatic amines is 1. The van der Waals surface area contributed by atoms with Crippen molar-refractivity contribution in [2.75, 3.05) is 13.1 Å². The van der Waals surface area contributed by atoms with Crippen LogP contribution in [0, 0.1) is 0 Å². The highest BCUT2D eigenvalue weighted by Crippen LogP contribution is 2.03. The van der Waals surface area contributed by atoms with Gasteiger partial charge in [0.1, 0.15) is 18.6 Å². The standard InChI is InChI=1S/C18H30N10O6/c19-10(2-1-3-24-18(21)22)15(32)27-12(5-13(20)29)17(34)28-11(4-9-6-23-8-26-9)16(33)25-7-14(30)31/h6,8,10-12H,1-5,7,19H2,(H2,20,29)(H,23,26)(H,25,33)(H,27,32)(H,28,34)(H,30,31)(H4,21,22,24). The second-order valence-corrected chi connectivity index (χ2v) is 7.24. The maximum atomic E-state index is 12.8. The fourth-order valence-electron chi connectivity index (χ4n) is 2.72. The van der Waals surface area contributed by atoms with Gasteiger partial charge in [-0.2, -0.15) is 0 Å². The molecule has 34 heavy (non-hydrogen) atoms. The van der Waals surface area contributed by atoms with Gasteiger partial charge in [-0.3, -0.25) is 29.0 Å². The number of carboxylic acid groups (broad SMARTS) is 1. The number of nitrogens with one attached hydrogen (secondary N) is 4. The summed E-state index contributed by atoms with van der Waals surface area (Å²) in [5.41, 5.74) is 21.9. The number of guanidine groups is 1. The molecule has 188 valence electrons. The van der Waals surface area contributed by atoms with Crippen molar-refractivity contribution in [3.8, 4) is 0 Å².